The van der Waals surface area contributed by atoms with Gasteiger partial charge in [-0.1, -0.05) is 13.3 Å². The number of carbonyl (C=O) groups is 1. The molecule has 2 heterocycles. The van der Waals surface area contributed by atoms with E-state index in [1.165, 1.54) is 23.3 Å². The van der Waals surface area contributed by atoms with Crippen molar-refractivity contribution in [3.05, 3.63) is 37.5 Å². The Kier molecular flexibility index (Phi) is 4.69. The fraction of sp³-hybridized carbons (Fsp3) is 0.438. The quantitative estimate of drug-likeness (QED) is 0.683. The highest BCUT2D eigenvalue weighted by Crippen LogP contribution is 2.33. The number of amides is 1. The monoisotopic (exact) mass is 333 g/mol. The highest BCUT2D eigenvalue weighted by molar-refractivity contribution is 7.14. The van der Waals surface area contributed by atoms with Gasteiger partial charge < -0.3 is 0 Å². The molecule has 1 amide bonds. The smallest absolute Gasteiger partial charge is 0.266 e. The van der Waals surface area contributed by atoms with E-state index in [4.69, 9.17) is 0 Å². The molecule has 4 nitrogen and oxygen atoms in total. The largest absolute Gasteiger partial charge is 0.281 e. The predicted molar refractivity (Wildman–Crippen MR) is 92.0 cm³/mol. The number of nitrogens with zero attached hydrogens (tertiary/aromatic N) is 2. The predicted octanol–water partition coefficient (Wildman–Crippen LogP) is 3.79. The molecule has 0 aliphatic heterocycles. The van der Waals surface area contributed by atoms with Gasteiger partial charge in [0.1, 0.15) is 0 Å². The first-order valence-corrected chi connectivity index (χ1v) is 9.22. The number of aromatic nitrogens is 1. The lowest BCUT2D eigenvalue weighted by molar-refractivity contribution is 0.0959. The molecule has 1 aliphatic carbocycles. The van der Waals surface area contributed by atoms with Crippen molar-refractivity contribution in [3.8, 4) is 0 Å². The van der Waals surface area contributed by atoms with E-state index in [1.54, 1.807) is 28.9 Å². The second-order valence-corrected chi connectivity index (χ2v) is 7.77. The number of nitrogens with one attached hydrogen (secondary N) is 1. The summed E-state index contributed by atoms with van der Waals surface area (Å²) in [5, 5.41) is 6.90. The van der Waals surface area contributed by atoms with Crippen LogP contribution in [-0.2, 0) is 12.8 Å². The number of hydrogen-bond acceptors (Lipinski definition) is 5. The van der Waals surface area contributed by atoms with E-state index in [2.05, 4.69) is 22.4 Å². The first-order valence-electron chi connectivity index (χ1n) is 7.52. The molecule has 0 aromatic carbocycles. The van der Waals surface area contributed by atoms with Gasteiger partial charge in [-0.25, -0.2) is 10.4 Å². The van der Waals surface area contributed by atoms with Crippen LogP contribution in [0.3, 0.4) is 0 Å². The molecular formula is C16H19N3OS2. The zero-order valence-electron chi connectivity index (χ0n) is 12.8. The molecule has 0 saturated carbocycles. The zero-order valence-corrected chi connectivity index (χ0v) is 14.4. The van der Waals surface area contributed by atoms with Gasteiger partial charge in [0.25, 0.3) is 5.91 Å². The Labute approximate surface area is 138 Å². The summed E-state index contributed by atoms with van der Waals surface area (Å²) >= 11 is 3.17. The molecular weight excluding hydrogens is 314 g/mol. The summed E-state index contributed by atoms with van der Waals surface area (Å²) < 4.78 is 0. The molecule has 1 aliphatic rings. The van der Waals surface area contributed by atoms with Gasteiger partial charge in [0.15, 0.2) is 0 Å². The lowest BCUT2D eigenvalue weighted by Crippen LogP contribution is -2.16. The maximum atomic E-state index is 12.2. The molecule has 2 aromatic rings. The van der Waals surface area contributed by atoms with E-state index in [0.717, 1.165) is 34.3 Å². The lowest BCUT2D eigenvalue weighted by Gasteiger charge is -2.19. The second-order valence-electron chi connectivity index (χ2n) is 5.57. The van der Waals surface area contributed by atoms with Gasteiger partial charge in [0.2, 0.25) is 0 Å². The van der Waals surface area contributed by atoms with Gasteiger partial charge in [-0.3, -0.25) is 4.79 Å². The number of hydrogen-bond donors (Lipinski definition) is 1. The molecule has 0 radical (unpaired) electrons. The summed E-state index contributed by atoms with van der Waals surface area (Å²) in [5.41, 5.74) is 4.73. The number of rotatable bonds is 4. The van der Waals surface area contributed by atoms with Crippen molar-refractivity contribution in [1.82, 2.24) is 10.4 Å². The van der Waals surface area contributed by atoms with E-state index in [9.17, 15) is 4.79 Å². The van der Waals surface area contributed by atoms with Crippen molar-refractivity contribution in [2.24, 2.45) is 11.0 Å². The van der Waals surface area contributed by atoms with E-state index in [1.807, 2.05) is 18.4 Å². The van der Waals surface area contributed by atoms with Gasteiger partial charge >= 0.3 is 0 Å². The molecule has 0 unspecified atom stereocenters. The van der Waals surface area contributed by atoms with Crippen molar-refractivity contribution in [1.29, 1.82) is 0 Å². The Morgan fingerprint density at radius 3 is 3.18 bits per heavy atom. The van der Waals surface area contributed by atoms with Gasteiger partial charge in [-0.05, 0) is 43.7 Å². The van der Waals surface area contributed by atoms with E-state index < -0.39 is 0 Å². The summed E-state index contributed by atoms with van der Waals surface area (Å²) in [5.74, 6) is 0.639. The number of fused-ring (bicyclic) bond motifs is 1. The fourth-order valence-corrected chi connectivity index (χ4v) is 4.37. The van der Waals surface area contributed by atoms with E-state index in [-0.39, 0.29) is 5.91 Å². The molecule has 3 rings (SSSR count). The third-order valence-electron chi connectivity index (χ3n) is 3.99. The molecule has 0 bridgehead atoms. The maximum Gasteiger partial charge on any atom is 0.281 e. The van der Waals surface area contributed by atoms with Crippen LogP contribution in [0, 0.1) is 12.8 Å². The van der Waals surface area contributed by atoms with Gasteiger partial charge in [-0.15, -0.1) is 22.7 Å². The van der Waals surface area contributed by atoms with Crippen LogP contribution >= 0.6 is 22.7 Å². The molecule has 22 heavy (non-hydrogen) atoms. The molecule has 1 atom stereocenters. The van der Waals surface area contributed by atoms with Gasteiger partial charge in [0.05, 0.1) is 21.8 Å². The Balaban J connectivity index is 1.63. The molecule has 1 N–H and O–H groups in total. The number of thiazole rings is 1. The molecule has 6 heteroatoms. The van der Waals surface area contributed by atoms with Crippen molar-refractivity contribution in [2.75, 3.05) is 0 Å². The minimum absolute atomic E-state index is 0.129. The molecule has 2 aromatic heterocycles. The van der Waals surface area contributed by atoms with E-state index in [0.29, 0.717) is 0 Å². The number of hydrazone groups is 1. The Bertz CT molecular complexity index is 702. The average molecular weight is 333 g/mol. The van der Waals surface area contributed by atoms with Crippen molar-refractivity contribution in [3.63, 3.8) is 0 Å². The summed E-state index contributed by atoms with van der Waals surface area (Å²) in [6.07, 6.45) is 6.26. The van der Waals surface area contributed by atoms with E-state index >= 15 is 0 Å². The molecule has 0 saturated heterocycles. The fourth-order valence-electron chi connectivity index (χ4n) is 2.71. The maximum absolute atomic E-state index is 12.2. The van der Waals surface area contributed by atoms with Crippen LogP contribution < -0.4 is 5.43 Å². The molecule has 0 spiro atoms. The Morgan fingerprint density at radius 2 is 2.45 bits per heavy atom. The standard InChI is InChI=1S/C16H19N3OS2/c1-3-11-4-5-14-12(6-11)7-15(22-14)16(20)19-17-8-13-9-21-10(2)18-13/h7-9,11H,3-6H2,1-2H3,(H,19,20)/t11-/m0/s1. The lowest BCUT2D eigenvalue weighted by atomic mass is 9.87. The van der Waals surface area contributed by atoms with Gasteiger partial charge in [-0.2, -0.15) is 5.10 Å². The zero-order chi connectivity index (χ0) is 15.5. The van der Waals surface area contributed by atoms with Crippen LogP contribution in [0.4, 0.5) is 0 Å². The minimum Gasteiger partial charge on any atom is -0.266 e. The summed E-state index contributed by atoms with van der Waals surface area (Å²) in [6, 6.07) is 2.04. The third kappa shape index (κ3) is 3.44. The average Bonchev–Trinajstić information content (AvgIpc) is 3.12. The normalized spacial score (nSPS) is 17.6. The highest BCUT2D eigenvalue weighted by Gasteiger charge is 2.21. The Morgan fingerprint density at radius 1 is 1.59 bits per heavy atom. The third-order valence-corrected chi connectivity index (χ3v) is 6.01. The van der Waals surface area contributed by atoms with Gasteiger partial charge in [0, 0.05) is 10.3 Å². The second kappa shape index (κ2) is 6.71. The SMILES string of the molecule is CC[C@H]1CCc2sc(C(=O)NN=Cc3csc(C)n3)cc2C1. The molecule has 0 fully saturated rings. The Hall–Kier alpha value is -1.53. The van der Waals surface area contributed by atoms with Crippen molar-refractivity contribution in [2.45, 2.75) is 39.5 Å². The first-order chi connectivity index (χ1) is 10.7. The minimum atomic E-state index is -0.129. The summed E-state index contributed by atoms with van der Waals surface area (Å²) in [7, 11) is 0. The first kappa shape index (κ1) is 15.4. The van der Waals surface area contributed by atoms with Crippen molar-refractivity contribution >= 4 is 34.8 Å². The number of thiophene rings is 1. The number of carbonyl (C=O) groups excluding carboxylic acids is 1. The van der Waals surface area contributed by atoms with Crippen LogP contribution in [0.2, 0.25) is 0 Å². The van der Waals surface area contributed by atoms with Crippen LogP contribution in [0.15, 0.2) is 16.5 Å². The van der Waals surface area contributed by atoms with Crippen LogP contribution in [-0.4, -0.2) is 17.1 Å². The summed E-state index contributed by atoms with van der Waals surface area (Å²) in [6.45, 7) is 4.19. The van der Waals surface area contributed by atoms with Crippen LogP contribution in [0.25, 0.3) is 0 Å². The number of aryl methyl sites for hydroxylation is 2. The van der Waals surface area contributed by atoms with Crippen molar-refractivity contribution < 1.29 is 4.79 Å². The van der Waals surface area contributed by atoms with Crippen LogP contribution in [0.1, 0.15) is 50.6 Å². The highest BCUT2D eigenvalue weighted by atomic mass is 32.1. The summed E-state index contributed by atoms with van der Waals surface area (Å²) in [4.78, 5) is 18.6. The molecule has 116 valence electrons. The topological polar surface area (TPSA) is 54.4 Å². The van der Waals surface area contributed by atoms with Crippen LogP contribution in [0.5, 0.6) is 0 Å².